The number of rotatable bonds is 6. The molecule has 0 fully saturated rings. The van der Waals surface area contributed by atoms with Crippen molar-refractivity contribution in [2.45, 2.75) is 53.9 Å². The van der Waals surface area contributed by atoms with Crippen molar-refractivity contribution in [1.29, 1.82) is 0 Å². The van der Waals surface area contributed by atoms with Crippen LogP contribution in [-0.2, 0) is 0 Å². The Balaban J connectivity index is 3.47. The molecule has 0 aliphatic rings. The van der Waals surface area contributed by atoms with Gasteiger partial charge in [-0.3, -0.25) is 0 Å². The van der Waals surface area contributed by atoms with Crippen LogP contribution in [0, 0.1) is 6.92 Å². The third kappa shape index (κ3) is 4.87. The number of hydrogen-bond donors (Lipinski definition) is 0. The van der Waals surface area contributed by atoms with Crippen LogP contribution in [0.2, 0.25) is 0 Å². The molecule has 0 saturated carbocycles. The maximum atomic E-state index is 3.96. The molecule has 0 radical (unpaired) electrons. The minimum Gasteiger partial charge on any atom is -0.0985 e. The van der Waals surface area contributed by atoms with Crippen molar-refractivity contribution in [3.63, 3.8) is 0 Å². The molecular weight excluding hydrogens is 264 g/mol. The molecule has 0 aliphatic heterocycles. The molecule has 0 spiro atoms. The fraction of sp³-hybridized carbons (Fsp3) is 0.364. The first-order valence-corrected chi connectivity index (χ1v) is 8.34. The summed E-state index contributed by atoms with van der Waals surface area (Å²) in [5, 5.41) is 2.66. The number of unbranched alkanes of at least 4 members (excludes halogenated alkanes) is 1. The van der Waals surface area contributed by atoms with Gasteiger partial charge >= 0.3 is 0 Å². The molecule has 0 amide bonds. The second kappa shape index (κ2) is 9.25. The van der Waals surface area contributed by atoms with Gasteiger partial charge in [0, 0.05) is 0 Å². The Morgan fingerprint density at radius 2 is 1.95 bits per heavy atom. The van der Waals surface area contributed by atoms with E-state index >= 15 is 0 Å². The Kier molecular flexibility index (Phi) is 7.66. The molecule has 1 rings (SSSR count). The maximum absolute atomic E-state index is 3.96. The third-order valence-corrected chi connectivity index (χ3v) is 3.96. The lowest BCUT2D eigenvalue weighted by molar-refractivity contribution is 0.953. The Morgan fingerprint density at radius 3 is 2.50 bits per heavy atom. The zero-order chi connectivity index (χ0) is 16.5. The third-order valence-electron chi connectivity index (χ3n) is 3.96. The van der Waals surface area contributed by atoms with Gasteiger partial charge in [0.15, 0.2) is 0 Å². The number of hydrogen-bond acceptors (Lipinski definition) is 0. The van der Waals surface area contributed by atoms with Crippen LogP contribution in [0.15, 0.2) is 54.2 Å². The first-order chi connectivity index (χ1) is 10.6. The number of allylic oxidation sites excluding steroid dienone is 5. The van der Waals surface area contributed by atoms with Gasteiger partial charge in [-0.15, -0.1) is 0 Å². The number of aryl methyl sites for hydroxylation is 1. The molecule has 0 saturated heterocycles. The molecule has 118 valence electrons. The smallest absolute Gasteiger partial charge is 0.0155 e. The molecule has 1 aromatic carbocycles. The zero-order valence-corrected chi connectivity index (χ0v) is 14.9. The van der Waals surface area contributed by atoms with E-state index in [4.69, 9.17) is 0 Å². The first kappa shape index (κ1) is 18.2. The van der Waals surface area contributed by atoms with Crippen LogP contribution in [0.5, 0.6) is 0 Å². The summed E-state index contributed by atoms with van der Waals surface area (Å²) in [6.07, 6.45) is 12.1. The average molecular weight is 294 g/mol. The lowest BCUT2D eigenvalue weighted by Crippen LogP contribution is -2.26. The summed E-state index contributed by atoms with van der Waals surface area (Å²) in [7, 11) is 0. The van der Waals surface area contributed by atoms with E-state index < -0.39 is 0 Å². The second-order valence-electron chi connectivity index (χ2n) is 5.74. The Morgan fingerprint density at radius 1 is 1.23 bits per heavy atom. The molecular formula is C22H30. The SMILES string of the molecule is C=CC(=C\CCC)/C(C)=C/C(CC)=c1/ccc(C)c/c1=C/C. The van der Waals surface area contributed by atoms with Gasteiger partial charge in [-0.2, -0.15) is 0 Å². The first-order valence-electron chi connectivity index (χ1n) is 8.34. The van der Waals surface area contributed by atoms with Gasteiger partial charge in [0.1, 0.15) is 0 Å². The highest BCUT2D eigenvalue weighted by atomic mass is 14.0. The number of benzene rings is 1. The van der Waals surface area contributed by atoms with E-state index in [-0.39, 0.29) is 0 Å². The Hall–Kier alpha value is -1.82. The monoisotopic (exact) mass is 294 g/mol. The van der Waals surface area contributed by atoms with Crippen LogP contribution < -0.4 is 10.4 Å². The van der Waals surface area contributed by atoms with Crippen molar-refractivity contribution < 1.29 is 0 Å². The van der Waals surface area contributed by atoms with Crippen molar-refractivity contribution >= 4 is 11.6 Å². The fourth-order valence-corrected chi connectivity index (χ4v) is 2.63. The van der Waals surface area contributed by atoms with Gasteiger partial charge in [0.05, 0.1) is 0 Å². The highest BCUT2D eigenvalue weighted by Crippen LogP contribution is 2.16. The summed E-state index contributed by atoms with van der Waals surface area (Å²) in [6.45, 7) is 14.8. The van der Waals surface area contributed by atoms with Crippen molar-refractivity contribution in [1.82, 2.24) is 0 Å². The summed E-state index contributed by atoms with van der Waals surface area (Å²) in [4.78, 5) is 0. The summed E-state index contributed by atoms with van der Waals surface area (Å²) in [6, 6.07) is 6.70. The normalized spacial score (nSPS) is 15.0. The molecule has 0 heterocycles. The molecule has 0 aliphatic carbocycles. The summed E-state index contributed by atoms with van der Waals surface area (Å²) in [5.41, 5.74) is 5.24. The van der Waals surface area contributed by atoms with Crippen LogP contribution in [0.25, 0.3) is 11.6 Å². The van der Waals surface area contributed by atoms with E-state index in [1.165, 1.54) is 39.1 Å². The lowest BCUT2D eigenvalue weighted by Gasteiger charge is -2.06. The molecule has 0 aromatic heterocycles. The highest BCUT2D eigenvalue weighted by Gasteiger charge is 1.99. The van der Waals surface area contributed by atoms with E-state index in [0.29, 0.717) is 0 Å². The van der Waals surface area contributed by atoms with E-state index in [9.17, 15) is 0 Å². The standard InChI is InChI=1S/C22H30/c1-7-11-12-19(8-2)18(6)16-21(10-4)22-14-13-17(5)15-20(22)9-3/h8-9,12-16H,2,7,10-11H2,1,3-6H3/b18-16+,19-12+,20-9-,22-21-. The maximum Gasteiger partial charge on any atom is -0.0155 e. The van der Waals surface area contributed by atoms with Gasteiger partial charge < -0.3 is 0 Å². The molecule has 0 atom stereocenters. The van der Waals surface area contributed by atoms with Crippen molar-refractivity contribution in [2.75, 3.05) is 0 Å². The fourth-order valence-electron chi connectivity index (χ4n) is 2.63. The van der Waals surface area contributed by atoms with Crippen molar-refractivity contribution in [2.24, 2.45) is 0 Å². The minimum absolute atomic E-state index is 1.03. The summed E-state index contributed by atoms with van der Waals surface area (Å²) >= 11 is 0. The molecule has 22 heavy (non-hydrogen) atoms. The highest BCUT2D eigenvalue weighted by molar-refractivity contribution is 5.61. The van der Waals surface area contributed by atoms with Crippen LogP contribution in [0.4, 0.5) is 0 Å². The van der Waals surface area contributed by atoms with Crippen LogP contribution in [-0.4, -0.2) is 0 Å². The molecule has 0 unspecified atom stereocenters. The quantitative estimate of drug-likeness (QED) is 0.631. The minimum atomic E-state index is 1.03. The summed E-state index contributed by atoms with van der Waals surface area (Å²) in [5.74, 6) is 0. The van der Waals surface area contributed by atoms with Gasteiger partial charge in [-0.05, 0) is 60.8 Å². The van der Waals surface area contributed by atoms with E-state index in [0.717, 1.165) is 12.8 Å². The molecule has 0 heteroatoms. The van der Waals surface area contributed by atoms with Crippen LogP contribution >= 0.6 is 0 Å². The zero-order valence-electron chi connectivity index (χ0n) is 14.9. The predicted octanol–water partition coefficient (Wildman–Crippen LogP) is 5.21. The van der Waals surface area contributed by atoms with Gasteiger partial charge in [-0.1, -0.05) is 74.9 Å². The molecule has 0 bridgehead atoms. The van der Waals surface area contributed by atoms with E-state index in [2.05, 4.69) is 77.6 Å². The van der Waals surface area contributed by atoms with Crippen molar-refractivity contribution in [3.05, 3.63) is 70.2 Å². The van der Waals surface area contributed by atoms with Crippen LogP contribution in [0.3, 0.4) is 0 Å². The van der Waals surface area contributed by atoms with Gasteiger partial charge in [-0.25, -0.2) is 0 Å². The Bertz CT molecular complexity index is 681. The largest absolute Gasteiger partial charge is 0.0985 e. The van der Waals surface area contributed by atoms with Crippen LogP contribution in [0.1, 0.15) is 52.5 Å². The predicted molar refractivity (Wildman–Crippen MR) is 101 cm³/mol. The lowest BCUT2D eigenvalue weighted by atomic mass is 9.99. The van der Waals surface area contributed by atoms with Crippen molar-refractivity contribution in [3.8, 4) is 0 Å². The molecule has 0 N–H and O–H groups in total. The summed E-state index contributed by atoms with van der Waals surface area (Å²) < 4.78 is 0. The average Bonchev–Trinajstić information content (AvgIpc) is 2.53. The van der Waals surface area contributed by atoms with Gasteiger partial charge in [0.25, 0.3) is 0 Å². The molecule has 1 aromatic rings. The Labute approximate surface area is 136 Å². The van der Waals surface area contributed by atoms with E-state index in [1.807, 2.05) is 6.08 Å². The van der Waals surface area contributed by atoms with E-state index in [1.54, 1.807) is 0 Å². The topological polar surface area (TPSA) is 0 Å². The van der Waals surface area contributed by atoms with Gasteiger partial charge in [0.2, 0.25) is 0 Å². The second-order valence-corrected chi connectivity index (χ2v) is 5.74. The molecule has 0 nitrogen and oxygen atoms in total.